The predicted molar refractivity (Wildman–Crippen MR) is 127 cm³/mol. The zero-order chi connectivity index (χ0) is 22.0. The Hall–Kier alpha value is -2.55. The molecule has 168 valence electrons. The third-order valence-electron chi connectivity index (χ3n) is 5.21. The number of aromatic hydroxyl groups is 2. The van der Waals surface area contributed by atoms with Crippen LogP contribution in [0.3, 0.4) is 0 Å². The number of halogens is 1. The number of nitrogens with one attached hydrogen (secondary N) is 2. The summed E-state index contributed by atoms with van der Waals surface area (Å²) in [4.78, 5) is 1.22. The first-order valence-corrected chi connectivity index (χ1v) is 10.4. The maximum Gasteiger partial charge on any atom is 0.200 e. The van der Waals surface area contributed by atoms with Crippen molar-refractivity contribution < 1.29 is 19.8 Å². The van der Waals surface area contributed by atoms with Crippen molar-refractivity contribution in [1.29, 1.82) is 0 Å². The fourth-order valence-electron chi connectivity index (χ4n) is 3.63. The molecule has 0 aliphatic carbocycles. The van der Waals surface area contributed by atoms with Crippen LogP contribution in [0.15, 0.2) is 30.3 Å². The van der Waals surface area contributed by atoms with Crippen LogP contribution in [0, 0.1) is 4.77 Å². The molecular formula is C22H30ClN4O3S+. The van der Waals surface area contributed by atoms with E-state index in [0.717, 1.165) is 35.7 Å². The number of methoxy groups -OCH3 is 1. The summed E-state index contributed by atoms with van der Waals surface area (Å²) in [5.41, 5.74) is 3.05. The number of aromatic amines is 1. The van der Waals surface area contributed by atoms with Crippen LogP contribution in [-0.2, 0) is 0 Å². The summed E-state index contributed by atoms with van der Waals surface area (Å²) in [5.74, 6) is 1.36. The van der Waals surface area contributed by atoms with Gasteiger partial charge in [0.15, 0.2) is 22.0 Å². The lowest BCUT2D eigenvalue weighted by Gasteiger charge is -2.18. The highest BCUT2D eigenvalue weighted by Crippen LogP contribution is 2.38. The van der Waals surface area contributed by atoms with Crippen LogP contribution in [0.25, 0.3) is 17.1 Å². The summed E-state index contributed by atoms with van der Waals surface area (Å²) in [7, 11) is 3.76. The zero-order valence-corrected chi connectivity index (χ0v) is 20.0. The lowest BCUT2D eigenvalue weighted by atomic mass is 9.98. The van der Waals surface area contributed by atoms with Crippen molar-refractivity contribution in [3.05, 3.63) is 40.7 Å². The number of phenolic OH excluding ortho intramolecular Hbond substituents is 2. The topological polar surface area (TPSA) is 87.7 Å². The molecule has 0 radical (unpaired) electrons. The predicted octanol–water partition coefficient (Wildman–Crippen LogP) is 4.12. The Bertz CT molecular complexity index is 1110. The van der Waals surface area contributed by atoms with E-state index in [1.165, 1.54) is 11.0 Å². The smallest absolute Gasteiger partial charge is 0.200 e. The van der Waals surface area contributed by atoms with Gasteiger partial charge in [-0.05, 0) is 48.3 Å². The summed E-state index contributed by atoms with van der Waals surface area (Å²) >= 11 is 5.51. The molecule has 0 amide bonds. The second-order valence-electron chi connectivity index (χ2n) is 7.69. The number of ether oxygens (including phenoxy) is 1. The Kier molecular flexibility index (Phi) is 8.11. The molecule has 1 atom stereocenters. The van der Waals surface area contributed by atoms with Gasteiger partial charge in [-0.2, -0.15) is 5.10 Å². The summed E-state index contributed by atoms with van der Waals surface area (Å²) in [6.07, 6.45) is 1.04. The molecule has 1 aromatic heterocycles. The maximum absolute atomic E-state index is 10.5. The highest BCUT2D eigenvalue weighted by atomic mass is 35.5. The van der Waals surface area contributed by atoms with Gasteiger partial charge in [-0.1, -0.05) is 20.8 Å². The van der Waals surface area contributed by atoms with Gasteiger partial charge in [-0.3, -0.25) is 9.67 Å². The minimum absolute atomic E-state index is 0. The molecule has 0 bridgehead atoms. The standard InChI is InChI=1S/C22H28N4O3S.ClH/c1-6-9-25(4)17-10-14(7-8-20(17)29-5)26-21(23-24-22(26)30)16-11-15(13(2)3)18(27)12-19(16)28;/h7-8,10-13,27-28H,6,9H2,1-5H3,(H,24,30);1H/p+1. The summed E-state index contributed by atoms with van der Waals surface area (Å²) in [5, 5.41) is 27.9. The Balaban J connectivity index is 0.00000341. The number of hydrogen-bond acceptors (Lipinski definition) is 5. The average Bonchev–Trinajstić information content (AvgIpc) is 3.08. The SMILES string of the molecule is CCC[NH+](C)c1cc(-n2c(-c3cc(C(C)C)c(O)cc3O)n[nH]c2=S)ccc1OC.Cl. The van der Waals surface area contributed by atoms with Crippen molar-refractivity contribution in [2.75, 3.05) is 20.7 Å². The van der Waals surface area contributed by atoms with Crippen LogP contribution in [0.2, 0.25) is 0 Å². The van der Waals surface area contributed by atoms with E-state index >= 15 is 0 Å². The Morgan fingerprint density at radius 1 is 1.19 bits per heavy atom. The first kappa shape index (κ1) is 24.7. The molecule has 2 aromatic carbocycles. The van der Waals surface area contributed by atoms with Gasteiger partial charge in [-0.15, -0.1) is 12.4 Å². The number of phenols is 2. The van der Waals surface area contributed by atoms with E-state index in [9.17, 15) is 10.2 Å². The lowest BCUT2D eigenvalue weighted by molar-refractivity contribution is -0.810. The Labute approximate surface area is 193 Å². The quantitative estimate of drug-likeness (QED) is 0.394. The number of quaternary nitrogens is 1. The highest BCUT2D eigenvalue weighted by Gasteiger charge is 2.21. The van der Waals surface area contributed by atoms with E-state index in [1.807, 2.05) is 32.0 Å². The summed E-state index contributed by atoms with van der Waals surface area (Å²) < 4.78 is 7.75. The van der Waals surface area contributed by atoms with Gasteiger partial charge in [0.05, 0.1) is 32.0 Å². The highest BCUT2D eigenvalue weighted by molar-refractivity contribution is 7.71. The fourth-order valence-corrected chi connectivity index (χ4v) is 3.87. The first-order chi connectivity index (χ1) is 14.3. The monoisotopic (exact) mass is 465 g/mol. The number of H-pyrrole nitrogens is 1. The molecule has 31 heavy (non-hydrogen) atoms. The number of nitrogens with zero attached hydrogens (tertiary/aromatic N) is 2. The van der Waals surface area contributed by atoms with Crippen molar-refractivity contribution >= 4 is 30.3 Å². The third kappa shape index (κ3) is 4.87. The van der Waals surface area contributed by atoms with Crippen LogP contribution in [0.1, 0.15) is 38.7 Å². The van der Waals surface area contributed by atoms with Gasteiger partial charge < -0.3 is 19.8 Å². The second kappa shape index (κ2) is 10.2. The molecule has 0 saturated heterocycles. The fraction of sp³-hybridized carbons (Fsp3) is 0.364. The number of benzene rings is 2. The van der Waals surface area contributed by atoms with Gasteiger partial charge >= 0.3 is 0 Å². The van der Waals surface area contributed by atoms with Gasteiger partial charge in [0.2, 0.25) is 0 Å². The molecule has 0 aliphatic rings. The first-order valence-electron chi connectivity index (χ1n) is 10.0. The minimum atomic E-state index is -0.0605. The van der Waals surface area contributed by atoms with E-state index in [0.29, 0.717) is 16.2 Å². The minimum Gasteiger partial charge on any atom is -0.508 e. The van der Waals surface area contributed by atoms with E-state index in [4.69, 9.17) is 17.0 Å². The van der Waals surface area contributed by atoms with Gasteiger partial charge in [0.1, 0.15) is 11.5 Å². The Morgan fingerprint density at radius 2 is 1.90 bits per heavy atom. The molecule has 0 spiro atoms. The largest absolute Gasteiger partial charge is 0.508 e. The van der Waals surface area contributed by atoms with Crippen molar-refractivity contribution in [2.24, 2.45) is 0 Å². The number of rotatable bonds is 7. The molecule has 0 fully saturated rings. The van der Waals surface area contributed by atoms with Crippen molar-refractivity contribution in [2.45, 2.75) is 33.1 Å². The maximum atomic E-state index is 10.5. The van der Waals surface area contributed by atoms with E-state index in [1.54, 1.807) is 17.7 Å². The van der Waals surface area contributed by atoms with Crippen LogP contribution < -0.4 is 9.64 Å². The van der Waals surface area contributed by atoms with E-state index in [-0.39, 0.29) is 29.8 Å². The van der Waals surface area contributed by atoms with Gasteiger partial charge in [0.25, 0.3) is 0 Å². The Morgan fingerprint density at radius 3 is 2.52 bits per heavy atom. The molecule has 3 aromatic rings. The normalized spacial score (nSPS) is 11.9. The molecule has 3 rings (SSSR count). The van der Waals surface area contributed by atoms with E-state index in [2.05, 4.69) is 24.2 Å². The molecule has 9 heteroatoms. The number of aromatic nitrogens is 3. The van der Waals surface area contributed by atoms with Crippen LogP contribution >= 0.6 is 24.6 Å². The molecular weight excluding hydrogens is 436 g/mol. The van der Waals surface area contributed by atoms with Crippen LogP contribution in [-0.4, -0.2) is 45.7 Å². The molecule has 0 saturated carbocycles. The average molecular weight is 466 g/mol. The zero-order valence-electron chi connectivity index (χ0n) is 18.4. The number of hydrogen-bond donors (Lipinski definition) is 4. The molecule has 0 aliphatic heterocycles. The van der Waals surface area contributed by atoms with Crippen LogP contribution in [0.4, 0.5) is 5.69 Å². The molecule has 1 heterocycles. The van der Waals surface area contributed by atoms with Gasteiger partial charge in [0, 0.05) is 12.1 Å². The lowest BCUT2D eigenvalue weighted by Crippen LogP contribution is -3.03. The second-order valence-corrected chi connectivity index (χ2v) is 8.07. The van der Waals surface area contributed by atoms with Crippen molar-refractivity contribution in [3.63, 3.8) is 0 Å². The van der Waals surface area contributed by atoms with Crippen molar-refractivity contribution in [1.82, 2.24) is 14.8 Å². The third-order valence-corrected chi connectivity index (χ3v) is 5.48. The van der Waals surface area contributed by atoms with Gasteiger partial charge in [-0.25, -0.2) is 0 Å². The molecule has 4 N–H and O–H groups in total. The molecule has 7 nitrogen and oxygen atoms in total. The summed E-state index contributed by atoms with van der Waals surface area (Å²) in [6, 6.07) is 8.97. The van der Waals surface area contributed by atoms with E-state index < -0.39 is 0 Å². The summed E-state index contributed by atoms with van der Waals surface area (Å²) in [6.45, 7) is 7.06. The van der Waals surface area contributed by atoms with Crippen molar-refractivity contribution in [3.8, 4) is 34.3 Å². The molecule has 1 unspecified atom stereocenters. The van der Waals surface area contributed by atoms with Crippen LogP contribution in [0.5, 0.6) is 17.2 Å².